The molecule has 0 aliphatic heterocycles. The zero-order valence-corrected chi connectivity index (χ0v) is 21.8. The lowest BCUT2D eigenvalue weighted by Gasteiger charge is -2.19. The van der Waals surface area contributed by atoms with Gasteiger partial charge in [0, 0.05) is 30.2 Å². The van der Waals surface area contributed by atoms with Gasteiger partial charge >= 0.3 is 0 Å². The maximum Gasteiger partial charge on any atom is 0.263 e. The third-order valence-electron chi connectivity index (χ3n) is 6.32. The molecule has 0 aliphatic carbocycles. The predicted octanol–water partition coefficient (Wildman–Crippen LogP) is 4.39. The van der Waals surface area contributed by atoms with Gasteiger partial charge in [-0.2, -0.15) is 0 Å². The number of aryl methyl sites for hydroxylation is 2. The Labute approximate surface area is 221 Å². The number of allylic oxidation sites excluding steroid dienone is 1. The first-order chi connectivity index (χ1) is 18.4. The highest BCUT2D eigenvalue weighted by Gasteiger charge is 2.17. The first kappa shape index (κ1) is 26.3. The van der Waals surface area contributed by atoms with Crippen LogP contribution in [0.3, 0.4) is 0 Å². The fourth-order valence-corrected chi connectivity index (χ4v) is 4.39. The smallest absolute Gasteiger partial charge is 0.263 e. The molecule has 0 amide bonds. The van der Waals surface area contributed by atoms with Gasteiger partial charge < -0.3 is 22.2 Å². The largest absolute Gasteiger partial charge is 0.397 e. The van der Waals surface area contributed by atoms with Crippen molar-refractivity contribution in [1.82, 2.24) is 14.5 Å². The van der Waals surface area contributed by atoms with E-state index in [1.165, 1.54) is 6.33 Å². The van der Waals surface area contributed by atoms with Crippen LogP contribution < -0.4 is 22.3 Å². The average molecular weight is 509 g/mol. The highest BCUT2D eigenvalue weighted by molar-refractivity contribution is 6.11. The highest BCUT2D eigenvalue weighted by atomic mass is 16.1. The standard InChI is InChI=1S/C29H32N8O/c1-4-12-33-15-21(14-30)26(31)25-27(32)35-17-36-28(25)34-16-22-13-20-10-7-9-19(3)24(20)29(38)37(22)23-11-6-5-8-18(23)2/h5-11,13-15,17,30H,4,12,16,31H2,1-3H3,(H3,32,34,35,36). The molecule has 194 valence electrons. The monoisotopic (exact) mass is 508 g/mol. The van der Waals surface area contributed by atoms with Gasteiger partial charge in [0.05, 0.1) is 28.9 Å². The number of para-hydroxylation sites is 1. The average Bonchev–Trinajstić information content (AvgIpc) is 2.90. The van der Waals surface area contributed by atoms with Gasteiger partial charge in [-0.25, -0.2) is 9.97 Å². The minimum Gasteiger partial charge on any atom is -0.397 e. The van der Waals surface area contributed by atoms with E-state index in [4.69, 9.17) is 16.9 Å². The van der Waals surface area contributed by atoms with E-state index in [0.29, 0.717) is 28.9 Å². The summed E-state index contributed by atoms with van der Waals surface area (Å²) in [6.07, 6.45) is 4.91. The van der Waals surface area contributed by atoms with Gasteiger partial charge in [0.25, 0.3) is 5.56 Å². The number of fused-ring (bicyclic) bond motifs is 1. The molecule has 0 spiro atoms. The summed E-state index contributed by atoms with van der Waals surface area (Å²) < 4.78 is 1.74. The van der Waals surface area contributed by atoms with Crippen LogP contribution in [0.5, 0.6) is 0 Å². The molecule has 9 heteroatoms. The number of nitrogens with two attached hydrogens (primary N) is 2. The van der Waals surface area contributed by atoms with Crippen molar-refractivity contribution in [2.24, 2.45) is 10.7 Å². The third kappa shape index (κ3) is 5.17. The fourth-order valence-electron chi connectivity index (χ4n) is 4.39. The van der Waals surface area contributed by atoms with Gasteiger partial charge in [0.1, 0.15) is 18.0 Å². The van der Waals surface area contributed by atoms with Gasteiger partial charge in [-0.1, -0.05) is 43.3 Å². The van der Waals surface area contributed by atoms with E-state index in [1.807, 2.05) is 69.3 Å². The molecule has 6 N–H and O–H groups in total. The van der Waals surface area contributed by atoms with E-state index >= 15 is 0 Å². The van der Waals surface area contributed by atoms with Crippen molar-refractivity contribution in [2.75, 3.05) is 17.6 Å². The summed E-state index contributed by atoms with van der Waals surface area (Å²) in [5.74, 6) is 0.569. The molecule has 0 radical (unpaired) electrons. The van der Waals surface area contributed by atoms with Gasteiger partial charge in [0.2, 0.25) is 0 Å². The van der Waals surface area contributed by atoms with Crippen molar-refractivity contribution >= 4 is 40.5 Å². The molecule has 0 saturated carbocycles. The zero-order chi connectivity index (χ0) is 27.2. The summed E-state index contributed by atoms with van der Waals surface area (Å²) in [7, 11) is 0. The molecule has 0 aliphatic rings. The number of aliphatic imine (C=N–C) groups is 1. The van der Waals surface area contributed by atoms with Crippen LogP contribution in [0, 0.1) is 19.3 Å². The third-order valence-corrected chi connectivity index (χ3v) is 6.32. The Kier molecular flexibility index (Phi) is 7.96. The quantitative estimate of drug-likeness (QED) is 0.246. The molecule has 9 nitrogen and oxygen atoms in total. The first-order valence-electron chi connectivity index (χ1n) is 12.4. The van der Waals surface area contributed by atoms with Crippen molar-refractivity contribution in [3.05, 3.63) is 93.2 Å². The Morgan fingerprint density at radius 1 is 1.13 bits per heavy atom. The predicted molar refractivity (Wildman–Crippen MR) is 156 cm³/mol. The van der Waals surface area contributed by atoms with E-state index in [0.717, 1.165) is 40.5 Å². The SMILES string of the molecule is CCCN=CC(C=N)=C(N)c1c(N)ncnc1NCc1cc2cccc(C)c2c(=O)n1-c1ccccc1C. The van der Waals surface area contributed by atoms with E-state index < -0.39 is 0 Å². The Balaban J connectivity index is 1.84. The molecular weight excluding hydrogens is 476 g/mol. The molecule has 0 atom stereocenters. The van der Waals surface area contributed by atoms with E-state index in [-0.39, 0.29) is 23.6 Å². The molecule has 0 bridgehead atoms. The Hall–Kier alpha value is -4.79. The summed E-state index contributed by atoms with van der Waals surface area (Å²) in [5, 5.41) is 12.7. The number of nitrogens with one attached hydrogen (secondary N) is 2. The number of anilines is 2. The van der Waals surface area contributed by atoms with Gasteiger partial charge in [0.15, 0.2) is 0 Å². The molecule has 0 fully saturated rings. The van der Waals surface area contributed by atoms with Crippen LogP contribution in [0.25, 0.3) is 22.2 Å². The summed E-state index contributed by atoms with van der Waals surface area (Å²) in [4.78, 5) is 26.6. The van der Waals surface area contributed by atoms with E-state index in [9.17, 15) is 4.79 Å². The summed E-state index contributed by atoms with van der Waals surface area (Å²) in [6.45, 7) is 6.82. The summed E-state index contributed by atoms with van der Waals surface area (Å²) in [5.41, 5.74) is 17.0. The molecule has 38 heavy (non-hydrogen) atoms. The minimum absolute atomic E-state index is 0.0910. The number of pyridine rings is 1. The van der Waals surface area contributed by atoms with Crippen LogP contribution in [0.2, 0.25) is 0 Å². The lowest BCUT2D eigenvalue weighted by Crippen LogP contribution is -2.25. The number of aromatic nitrogens is 3. The Bertz CT molecular complexity index is 1620. The van der Waals surface area contributed by atoms with Crippen LogP contribution >= 0.6 is 0 Å². The summed E-state index contributed by atoms with van der Waals surface area (Å²) in [6, 6.07) is 15.6. The van der Waals surface area contributed by atoms with Crippen molar-refractivity contribution in [3.8, 4) is 5.69 Å². The molecule has 4 rings (SSSR count). The molecule has 0 saturated heterocycles. The van der Waals surface area contributed by atoms with Crippen LogP contribution in [0.15, 0.2) is 70.2 Å². The van der Waals surface area contributed by atoms with Crippen LogP contribution in [0.4, 0.5) is 11.6 Å². The maximum atomic E-state index is 13.8. The second-order valence-electron chi connectivity index (χ2n) is 8.99. The normalized spacial score (nSPS) is 12.1. The molecular formula is C29H32N8O. The number of nitrogens with zero attached hydrogens (tertiary/aromatic N) is 4. The zero-order valence-electron chi connectivity index (χ0n) is 21.8. The van der Waals surface area contributed by atoms with Gasteiger partial charge in [-0.3, -0.25) is 14.4 Å². The second kappa shape index (κ2) is 11.5. The van der Waals surface area contributed by atoms with Crippen molar-refractivity contribution < 1.29 is 0 Å². The number of rotatable bonds is 9. The minimum atomic E-state index is -0.0910. The van der Waals surface area contributed by atoms with Crippen LogP contribution in [-0.2, 0) is 6.54 Å². The lowest BCUT2D eigenvalue weighted by molar-refractivity contribution is 0.883. The topological polar surface area (TPSA) is 148 Å². The van der Waals surface area contributed by atoms with Gasteiger partial charge in [-0.15, -0.1) is 0 Å². The van der Waals surface area contributed by atoms with Crippen LogP contribution in [0.1, 0.15) is 35.7 Å². The van der Waals surface area contributed by atoms with E-state index in [2.05, 4.69) is 20.3 Å². The lowest BCUT2D eigenvalue weighted by atomic mass is 10.0. The van der Waals surface area contributed by atoms with Gasteiger partial charge in [-0.05, 0) is 48.9 Å². The fraction of sp³-hybridized carbons (Fsp3) is 0.207. The number of benzene rings is 2. The summed E-state index contributed by atoms with van der Waals surface area (Å²) >= 11 is 0. The molecule has 2 aromatic carbocycles. The molecule has 2 heterocycles. The van der Waals surface area contributed by atoms with Crippen molar-refractivity contribution in [2.45, 2.75) is 33.7 Å². The number of nitrogen functional groups attached to an aromatic ring is 1. The van der Waals surface area contributed by atoms with E-state index in [1.54, 1.807) is 10.8 Å². The number of hydrogen-bond donors (Lipinski definition) is 4. The maximum absolute atomic E-state index is 13.8. The van der Waals surface area contributed by atoms with Crippen molar-refractivity contribution in [1.29, 1.82) is 5.41 Å². The highest BCUT2D eigenvalue weighted by Crippen LogP contribution is 2.26. The van der Waals surface area contributed by atoms with Crippen molar-refractivity contribution in [3.63, 3.8) is 0 Å². The second-order valence-corrected chi connectivity index (χ2v) is 8.99. The Morgan fingerprint density at radius 3 is 2.63 bits per heavy atom. The Morgan fingerprint density at radius 2 is 1.89 bits per heavy atom. The van der Waals surface area contributed by atoms with Crippen LogP contribution in [-0.4, -0.2) is 33.5 Å². The molecule has 2 aromatic heterocycles. The first-order valence-corrected chi connectivity index (χ1v) is 12.4. The number of hydrogen-bond acceptors (Lipinski definition) is 8. The molecule has 4 aromatic rings. The molecule has 0 unspecified atom stereocenters.